The summed E-state index contributed by atoms with van der Waals surface area (Å²) < 4.78 is 5.62. The molecule has 0 fully saturated rings. The minimum Gasteiger partial charge on any atom is -0.459 e. The molecule has 0 aromatic heterocycles. The van der Waals surface area contributed by atoms with Crippen molar-refractivity contribution in [3.05, 3.63) is 57.3 Å². The third-order valence-corrected chi connectivity index (χ3v) is 6.54. The van der Waals surface area contributed by atoms with Crippen molar-refractivity contribution < 1.29 is 14.3 Å². The second-order valence-electron chi connectivity index (χ2n) is 8.76. The molecule has 32 heavy (non-hydrogen) atoms. The number of hydrogen-bond donors (Lipinski definition) is 1. The summed E-state index contributed by atoms with van der Waals surface area (Å²) in [6.45, 7) is 13.7. The van der Waals surface area contributed by atoms with Gasteiger partial charge in [0, 0.05) is 11.7 Å². The van der Waals surface area contributed by atoms with Crippen molar-refractivity contribution in [3.8, 4) is 0 Å². The molecule has 0 spiro atoms. The molecule has 2 atom stereocenters. The van der Waals surface area contributed by atoms with Gasteiger partial charge >= 0.3 is 5.97 Å². The van der Waals surface area contributed by atoms with Crippen LogP contribution in [-0.4, -0.2) is 34.1 Å². The molecule has 3 rings (SSSR count). The number of carbonyl (C=O) groups is 2. The first-order valence-electron chi connectivity index (χ1n) is 11.1. The van der Waals surface area contributed by atoms with Gasteiger partial charge in [0.05, 0.1) is 29.8 Å². The zero-order valence-corrected chi connectivity index (χ0v) is 20.8. The minimum atomic E-state index is -0.397. The number of esters is 1. The molecular weight excluding hydrogens is 422 g/mol. The van der Waals surface area contributed by atoms with E-state index in [-0.39, 0.29) is 30.4 Å². The minimum absolute atomic E-state index is 0.0373. The molecule has 2 heterocycles. The van der Waals surface area contributed by atoms with E-state index in [0.717, 1.165) is 34.0 Å². The van der Waals surface area contributed by atoms with Gasteiger partial charge in [0.25, 0.3) is 0 Å². The number of fused-ring (bicyclic) bond motifs is 1. The zero-order valence-electron chi connectivity index (χ0n) is 20.0. The van der Waals surface area contributed by atoms with Crippen LogP contribution >= 0.6 is 11.8 Å². The summed E-state index contributed by atoms with van der Waals surface area (Å²) >= 11 is 1.49. The van der Waals surface area contributed by atoms with E-state index in [0.29, 0.717) is 11.3 Å². The second-order valence-corrected chi connectivity index (χ2v) is 9.60. The lowest BCUT2D eigenvalue weighted by Gasteiger charge is -2.37. The molecule has 1 N–H and O–H groups in total. The molecule has 0 bridgehead atoms. The highest BCUT2D eigenvalue weighted by Gasteiger charge is 2.41. The number of benzene rings is 1. The highest BCUT2D eigenvalue weighted by Crippen LogP contribution is 2.45. The van der Waals surface area contributed by atoms with Gasteiger partial charge in [-0.3, -0.25) is 4.79 Å². The Morgan fingerprint density at radius 3 is 2.59 bits per heavy atom. The molecule has 1 aromatic carbocycles. The van der Waals surface area contributed by atoms with Gasteiger partial charge in [-0.25, -0.2) is 9.79 Å². The van der Waals surface area contributed by atoms with Crippen LogP contribution in [0.25, 0.3) is 0 Å². The topological polar surface area (TPSA) is 71.0 Å². The van der Waals surface area contributed by atoms with Crippen molar-refractivity contribution in [2.75, 3.05) is 0 Å². The Hall–Kier alpha value is -2.54. The van der Waals surface area contributed by atoms with Gasteiger partial charge in [-0.2, -0.15) is 0 Å². The first kappa shape index (κ1) is 24.1. The first-order chi connectivity index (χ1) is 15.1. The molecule has 1 aromatic rings. The molecule has 0 saturated heterocycles. The number of thioether (sulfide) groups is 1. The summed E-state index contributed by atoms with van der Waals surface area (Å²) in [7, 11) is 0. The standard InChI is InChI=1S/C25H33N3O3S/c1-8-17(6)26-21(29)12-19-13-32-25-27-18(7)22(24(30)31-14(2)3)23(28(19)25)20-11-15(4)9-10-16(20)5/h9-11,13-14,17,23H,8,12H2,1-7H3,(H,26,29). The molecule has 2 aliphatic rings. The SMILES string of the molecule is CCC(C)NC(=O)CC1=CSC2=NC(C)=C(C(=O)OC(C)C)C(c3cc(C)ccc3C)N12. The highest BCUT2D eigenvalue weighted by molar-refractivity contribution is 8.16. The van der Waals surface area contributed by atoms with E-state index in [1.165, 1.54) is 11.8 Å². The van der Waals surface area contributed by atoms with Gasteiger partial charge in [0.15, 0.2) is 5.17 Å². The zero-order chi connectivity index (χ0) is 23.6. The number of rotatable bonds is 7. The molecule has 0 saturated carbocycles. The third kappa shape index (κ3) is 5.09. The number of hydrogen-bond acceptors (Lipinski definition) is 6. The van der Waals surface area contributed by atoms with Gasteiger partial charge in [-0.05, 0) is 64.5 Å². The number of amides is 1. The van der Waals surface area contributed by atoms with Crippen molar-refractivity contribution in [1.29, 1.82) is 0 Å². The quantitative estimate of drug-likeness (QED) is 0.577. The maximum Gasteiger partial charge on any atom is 0.338 e. The number of carbonyl (C=O) groups excluding carboxylic acids is 2. The third-order valence-electron chi connectivity index (χ3n) is 5.65. The summed E-state index contributed by atoms with van der Waals surface area (Å²) in [5.74, 6) is -0.406. The van der Waals surface area contributed by atoms with Crippen LogP contribution in [0.4, 0.5) is 0 Å². The largest absolute Gasteiger partial charge is 0.459 e. The van der Waals surface area contributed by atoms with Crippen LogP contribution in [0.15, 0.2) is 45.6 Å². The molecule has 2 aliphatic heterocycles. The molecule has 0 aliphatic carbocycles. The van der Waals surface area contributed by atoms with Crippen LogP contribution in [0.1, 0.15) is 70.2 Å². The van der Waals surface area contributed by atoms with Crippen LogP contribution in [0, 0.1) is 13.8 Å². The van der Waals surface area contributed by atoms with E-state index < -0.39 is 6.04 Å². The lowest BCUT2D eigenvalue weighted by atomic mass is 9.90. The van der Waals surface area contributed by atoms with Gasteiger partial charge in [0.2, 0.25) is 5.91 Å². The molecule has 7 heteroatoms. The van der Waals surface area contributed by atoms with Crippen molar-refractivity contribution in [2.24, 2.45) is 4.99 Å². The smallest absolute Gasteiger partial charge is 0.338 e. The first-order valence-corrected chi connectivity index (χ1v) is 12.0. The Kier molecular flexibility index (Phi) is 7.49. The van der Waals surface area contributed by atoms with Crippen molar-refractivity contribution >= 4 is 28.8 Å². The lowest BCUT2D eigenvalue weighted by Crippen LogP contribution is -2.39. The average Bonchev–Trinajstić information content (AvgIpc) is 3.09. The van der Waals surface area contributed by atoms with E-state index in [4.69, 9.17) is 9.73 Å². The number of nitrogens with zero attached hydrogens (tertiary/aromatic N) is 2. The normalized spacial score (nSPS) is 18.9. The molecule has 6 nitrogen and oxygen atoms in total. The van der Waals surface area contributed by atoms with Gasteiger partial charge < -0.3 is 15.0 Å². The Balaban J connectivity index is 2.06. The molecule has 172 valence electrons. The number of amidine groups is 1. The lowest BCUT2D eigenvalue weighted by molar-refractivity contribution is -0.143. The highest BCUT2D eigenvalue weighted by atomic mass is 32.2. The fraction of sp³-hybridized carbons (Fsp3) is 0.480. The average molecular weight is 456 g/mol. The van der Waals surface area contributed by atoms with Crippen LogP contribution in [0.2, 0.25) is 0 Å². The summed E-state index contributed by atoms with van der Waals surface area (Å²) in [5.41, 5.74) is 5.21. The molecule has 1 amide bonds. The van der Waals surface area contributed by atoms with Gasteiger partial charge in [-0.15, -0.1) is 0 Å². The van der Waals surface area contributed by atoms with Crippen molar-refractivity contribution in [1.82, 2.24) is 10.2 Å². The maximum absolute atomic E-state index is 13.2. The molecule has 2 unspecified atom stereocenters. The summed E-state index contributed by atoms with van der Waals surface area (Å²) in [5, 5.41) is 5.78. The summed E-state index contributed by atoms with van der Waals surface area (Å²) in [6.07, 6.45) is 0.856. The predicted octanol–water partition coefficient (Wildman–Crippen LogP) is 5.13. The maximum atomic E-state index is 13.2. The fourth-order valence-corrected chi connectivity index (χ4v) is 4.81. The number of ether oxygens (including phenoxy) is 1. The number of allylic oxidation sites excluding steroid dienone is 1. The van der Waals surface area contributed by atoms with Crippen LogP contribution in [-0.2, 0) is 14.3 Å². The Morgan fingerprint density at radius 1 is 1.22 bits per heavy atom. The fourth-order valence-electron chi connectivity index (χ4n) is 3.85. The van der Waals surface area contributed by atoms with Crippen LogP contribution in [0.3, 0.4) is 0 Å². The van der Waals surface area contributed by atoms with Gasteiger partial charge in [0.1, 0.15) is 0 Å². The van der Waals surface area contributed by atoms with E-state index in [1.54, 1.807) is 0 Å². The number of aliphatic imine (C=N–C) groups is 1. The van der Waals surface area contributed by atoms with Gasteiger partial charge in [-0.1, -0.05) is 42.4 Å². The second kappa shape index (κ2) is 9.94. The molecule has 0 radical (unpaired) electrons. The van der Waals surface area contributed by atoms with Crippen molar-refractivity contribution in [2.45, 2.75) is 79.5 Å². The summed E-state index contributed by atoms with van der Waals surface area (Å²) in [4.78, 5) is 32.7. The molecular formula is C25H33N3O3S. The summed E-state index contributed by atoms with van der Waals surface area (Å²) in [6, 6.07) is 5.96. The van der Waals surface area contributed by atoms with Crippen molar-refractivity contribution in [3.63, 3.8) is 0 Å². The van der Waals surface area contributed by atoms with E-state index >= 15 is 0 Å². The Bertz CT molecular complexity index is 1010. The Labute approximate surface area is 195 Å². The predicted molar refractivity (Wildman–Crippen MR) is 130 cm³/mol. The van der Waals surface area contributed by atoms with E-state index in [9.17, 15) is 9.59 Å². The number of nitrogens with one attached hydrogen (secondary N) is 1. The Morgan fingerprint density at radius 2 is 1.94 bits per heavy atom. The van der Waals surface area contributed by atoms with E-state index in [1.807, 2.05) is 58.8 Å². The monoisotopic (exact) mass is 455 g/mol. The number of aryl methyl sites for hydroxylation is 2. The van der Waals surface area contributed by atoms with Crippen LogP contribution in [0.5, 0.6) is 0 Å². The van der Waals surface area contributed by atoms with E-state index in [2.05, 4.69) is 23.5 Å². The van der Waals surface area contributed by atoms with Crippen LogP contribution < -0.4 is 5.32 Å².